The highest BCUT2D eigenvalue weighted by Gasteiger charge is 2.29. The second-order valence-corrected chi connectivity index (χ2v) is 8.09. The van der Waals surface area contributed by atoms with Crippen molar-refractivity contribution in [3.63, 3.8) is 0 Å². The monoisotopic (exact) mass is 368 g/mol. The highest BCUT2D eigenvalue weighted by molar-refractivity contribution is 9.10. The zero-order valence-electron chi connectivity index (χ0n) is 11.1. The molecule has 5 nitrogen and oxygen atoms in total. The van der Waals surface area contributed by atoms with Gasteiger partial charge >= 0.3 is 0 Å². The molecule has 0 radical (unpaired) electrons. The molecule has 108 valence electrons. The lowest BCUT2D eigenvalue weighted by atomic mass is 10.4. The normalized spacial score (nSPS) is 11.8. The Kier molecular flexibility index (Phi) is 5.97. The SMILES string of the molecule is CCCN(CC(=O)N(C)C)S(=O)(=O)c1sccc1Br. The van der Waals surface area contributed by atoms with Crippen molar-refractivity contribution in [2.45, 2.75) is 17.6 Å². The van der Waals surface area contributed by atoms with E-state index >= 15 is 0 Å². The maximum absolute atomic E-state index is 12.5. The highest BCUT2D eigenvalue weighted by atomic mass is 79.9. The maximum atomic E-state index is 12.5. The Morgan fingerprint density at radius 3 is 2.47 bits per heavy atom. The molecule has 1 rings (SSSR count). The van der Waals surface area contributed by atoms with Crippen molar-refractivity contribution in [1.29, 1.82) is 0 Å². The predicted octanol–water partition coefficient (Wildman–Crippen LogP) is 2.00. The van der Waals surface area contributed by atoms with Crippen LogP contribution in [0, 0.1) is 0 Å². The molecule has 0 bridgehead atoms. The molecule has 1 aromatic rings. The largest absolute Gasteiger partial charge is 0.348 e. The number of sulfonamides is 1. The van der Waals surface area contributed by atoms with Crippen LogP contribution < -0.4 is 0 Å². The van der Waals surface area contributed by atoms with Crippen molar-refractivity contribution in [2.75, 3.05) is 27.2 Å². The van der Waals surface area contributed by atoms with Gasteiger partial charge in [0.2, 0.25) is 5.91 Å². The van der Waals surface area contributed by atoms with Crippen molar-refractivity contribution in [2.24, 2.45) is 0 Å². The minimum atomic E-state index is -3.62. The van der Waals surface area contributed by atoms with Crippen LogP contribution >= 0.6 is 27.3 Å². The topological polar surface area (TPSA) is 57.7 Å². The van der Waals surface area contributed by atoms with Gasteiger partial charge in [0.25, 0.3) is 10.0 Å². The van der Waals surface area contributed by atoms with Gasteiger partial charge in [-0.3, -0.25) is 4.79 Å². The average Bonchev–Trinajstić information content (AvgIpc) is 2.75. The van der Waals surface area contributed by atoms with Crippen LogP contribution in [-0.4, -0.2) is 50.7 Å². The van der Waals surface area contributed by atoms with Crippen molar-refractivity contribution in [3.8, 4) is 0 Å². The number of halogens is 1. The van der Waals surface area contributed by atoms with E-state index in [4.69, 9.17) is 0 Å². The van der Waals surface area contributed by atoms with E-state index in [1.54, 1.807) is 25.5 Å². The van der Waals surface area contributed by atoms with Gasteiger partial charge in [-0.05, 0) is 33.8 Å². The Morgan fingerprint density at radius 2 is 2.05 bits per heavy atom. The summed E-state index contributed by atoms with van der Waals surface area (Å²) in [7, 11) is -0.399. The van der Waals surface area contributed by atoms with Gasteiger partial charge in [-0.2, -0.15) is 4.31 Å². The first kappa shape index (κ1) is 16.6. The summed E-state index contributed by atoms with van der Waals surface area (Å²) in [6.07, 6.45) is 0.656. The zero-order valence-corrected chi connectivity index (χ0v) is 14.3. The van der Waals surface area contributed by atoms with Gasteiger partial charge in [0.05, 0.1) is 6.54 Å². The smallest absolute Gasteiger partial charge is 0.254 e. The molecule has 1 amide bonds. The van der Waals surface area contributed by atoms with Gasteiger partial charge in [-0.1, -0.05) is 6.92 Å². The summed E-state index contributed by atoms with van der Waals surface area (Å²) >= 11 is 4.37. The lowest BCUT2D eigenvalue weighted by molar-refractivity contribution is -0.128. The van der Waals surface area contributed by atoms with Crippen molar-refractivity contribution >= 4 is 43.2 Å². The van der Waals surface area contributed by atoms with Gasteiger partial charge in [-0.25, -0.2) is 8.42 Å². The number of thiophene rings is 1. The van der Waals surface area contributed by atoms with E-state index in [-0.39, 0.29) is 16.7 Å². The summed E-state index contributed by atoms with van der Waals surface area (Å²) in [4.78, 5) is 13.1. The molecular formula is C11H17BrN2O3S2. The Labute approximate surface area is 126 Å². The summed E-state index contributed by atoms with van der Waals surface area (Å²) < 4.78 is 27.0. The number of carbonyl (C=O) groups is 1. The fourth-order valence-corrected chi connectivity index (χ4v) is 5.34. The van der Waals surface area contributed by atoms with E-state index in [2.05, 4.69) is 15.9 Å². The van der Waals surface area contributed by atoms with Crippen LogP contribution in [0.5, 0.6) is 0 Å². The van der Waals surface area contributed by atoms with Crippen LogP contribution in [0.1, 0.15) is 13.3 Å². The standard InChI is InChI=1S/C11H17BrN2O3S2/c1-4-6-14(8-10(15)13(2)3)19(16,17)11-9(12)5-7-18-11/h5,7H,4,6,8H2,1-3H3. The Morgan fingerprint density at radius 1 is 1.42 bits per heavy atom. The number of amides is 1. The minimum absolute atomic E-state index is 0.131. The second-order valence-electron chi connectivity index (χ2n) is 4.18. The third kappa shape index (κ3) is 4.01. The van der Waals surface area contributed by atoms with E-state index in [0.29, 0.717) is 17.4 Å². The van der Waals surface area contributed by atoms with Crippen LogP contribution in [0.15, 0.2) is 20.1 Å². The molecule has 0 unspecified atom stereocenters. The lowest BCUT2D eigenvalue weighted by Gasteiger charge is -2.22. The fourth-order valence-electron chi connectivity index (χ4n) is 1.41. The third-order valence-corrected chi connectivity index (χ3v) is 6.93. The van der Waals surface area contributed by atoms with Gasteiger partial charge in [0.15, 0.2) is 0 Å². The summed E-state index contributed by atoms with van der Waals surface area (Å²) in [6.45, 7) is 2.08. The Hall–Kier alpha value is -0.440. The summed E-state index contributed by atoms with van der Waals surface area (Å²) in [6, 6.07) is 1.69. The molecule has 0 saturated heterocycles. The molecule has 0 aliphatic rings. The highest BCUT2D eigenvalue weighted by Crippen LogP contribution is 2.30. The third-order valence-electron chi connectivity index (χ3n) is 2.44. The van der Waals surface area contributed by atoms with Crippen molar-refractivity contribution in [1.82, 2.24) is 9.21 Å². The molecule has 0 aliphatic heterocycles. The first-order valence-corrected chi connectivity index (χ1v) is 8.85. The van der Waals surface area contributed by atoms with Crippen LogP contribution in [0.3, 0.4) is 0 Å². The molecular weight excluding hydrogens is 352 g/mol. The van der Waals surface area contributed by atoms with Crippen molar-refractivity contribution in [3.05, 3.63) is 15.9 Å². The fraction of sp³-hybridized carbons (Fsp3) is 0.545. The number of hydrogen-bond donors (Lipinski definition) is 0. The average molecular weight is 369 g/mol. The van der Waals surface area contributed by atoms with E-state index < -0.39 is 10.0 Å². The summed E-state index contributed by atoms with van der Waals surface area (Å²) in [5.41, 5.74) is 0. The molecule has 8 heteroatoms. The van der Waals surface area contributed by atoms with Crippen molar-refractivity contribution < 1.29 is 13.2 Å². The number of carbonyl (C=O) groups excluding carboxylic acids is 1. The van der Waals surface area contributed by atoms with Crippen LogP contribution in [0.4, 0.5) is 0 Å². The molecule has 1 heterocycles. The molecule has 19 heavy (non-hydrogen) atoms. The first-order chi connectivity index (χ1) is 8.80. The van der Waals surface area contributed by atoms with Gasteiger partial charge in [-0.15, -0.1) is 11.3 Å². The van der Waals surface area contributed by atoms with Crippen LogP contribution in [-0.2, 0) is 14.8 Å². The molecule has 0 saturated carbocycles. The number of nitrogens with zero attached hydrogens (tertiary/aromatic N) is 2. The van der Waals surface area contributed by atoms with E-state index in [0.717, 1.165) is 11.3 Å². The Bertz CT molecular complexity index is 540. The van der Waals surface area contributed by atoms with E-state index in [9.17, 15) is 13.2 Å². The van der Waals surface area contributed by atoms with Crippen LogP contribution in [0.2, 0.25) is 0 Å². The number of hydrogen-bond acceptors (Lipinski definition) is 4. The lowest BCUT2D eigenvalue weighted by Crippen LogP contribution is -2.40. The minimum Gasteiger partial charge on any atom is -0.348 e. The molecule has 1 aromatic heterocycles. The number of rotatable bonds is 6. The Balaban J connectivity index is 3.05. The second kappa shape index (κ2) is 6.83. The predicted molar refractivity (Wildman–Crippen MR) is 79.8 cm³/mol. The maximum Gasteiger partial charge on any atom is 0.254 e. The van der Waals surface area contributed by atoms with Gasteiger partial charge in [0.1, 0.15) is 4.21 Å². The van der Waals surface area contributed by atoms with Gasteiger partial charge < -0.3 is 4.90 Å². The van der Waals surface area contributed by atoms with Gasteiger partial charge in [0, 0.05) is 25.1 Å². The first-order valence-electron chi connectivity index (χ1n) is 5.74. The summed E-state index contributed by atoms with van der Waals surface area (Å²) in [5, 5.41) is 1.70. The van der Waals surface area contributed by atoms with E-state index in [1.165, 1.54) is 9.21 Å². The molecule has 0 N–H and O–H groups in total. The zero-order chi connectivity index (χ0) is 14.6. The van der Waals surface area contributed by atoms with Crippen LogP contribution in [0.25, 0.3) is 0 Å². The number of likely N-dealkylation sites (N-methyl/N-ethyl adjacent to an activating group) is 1. The summed E-state index contributed by atoms with van der Waals surface area (Å²) in [5.74, 6) is -0.232. The molecule has 0 spiro atoms. The molecule has 0 fully saturated rings. The quantitative estimate of drug-likeness (QED) is 0.771. The molecule has 0 aromatic carbocycles. The molecule has 0 atom stereocenters. The van der Waals surface area contributed by atoms with E-state index in [1.807, 2.05) is 6.92 Å². The molecule has 0 aliphatic carbocycles.